The number of benzene rings is 1. The molecule has 0 amide bonds. The van der Waals surface area contributed by atoms with Crippen molar-refractivity contribution in [1.29, 1.82) is 0 Å². The molecule has 80 valence electrons. The Morgan fingerprint density at radius 1 is 1.27 bits per heavy atom. The molecule has 0 bridgehead atoms. The predicted octanol–water partition coefficient (Wildman–Crippen LogP) is 1.22. The van der Waals surface area contributed by atoms with Crippen LogP contribution in [0.1, 0.15) is 12.8 Å². The SMILES string of the molecule is O=S1(=O)c2ccccc2NCN1C1CC1. The van der Waals surface area contributed by atoms with Gasteiger partial charge in [0.15, 0.2) is 0 Å². The summed E-state index contributed by atoms with van der Waals surface area (Å²) in [6, 6.07) is 7.28. The van der Waals surface area contributed by atoms with Crippen molar-refractivity contribution >= 4 is 15.7 Å². The van der Waals surface area contributed by atoms with Crippen LogP contribution >= 0.6 is 0 Å². The molecule has 0 radical (unpaired) electrons. The highest BCUT2D eigenvalue weighted by Crippen LogP contribution is 2.36. The zero-order chi connectivity index (χ0) is 10.5. The smallest absolute Gasteiger partial charge is 0.246 e. The minimum Gasteiger partial charge on any atom is -0.370 e. The van der Waals surface area contributed by atoms with E-state index in [9.17, 15) is 8.42 Å². The maximum Gasteiger partial charge on any atom is 0.246 e. The summed E-state index contributed by atoms with van der Waals surface area (Å²) in [5.41, 5.74) is 0.717. The first-order valence-corrected chi connectivity index (χ1v) is 6.48. The number of hydrogen-bond donors (Lipinski definition) is 1. The van der Waals surface area contributed by atoms with Crippen molar-refractivity contribution in [3.05, 3.63) is 24.3 Å². The van der Waals surface area contributed by atoms with E-state index in [1.165, 1.54) is 0 Å². The quantitative estimate of drug-likeness (QED) is 0.780. The number of nitrogens with one attached hydrogen (secondary N) is 1. The molecule has 0 aromatic heterocycles. The number of rotatable bonds is 1. The molecule has 0 spiro atoms. The third-order valence-electron chi connectivity index (χ3n) is 2.85. The van der Waals surface area contributed by atoms with Crippen LogP contribution in [0.25, 0.3) is 0 Å². The molecule has 1 aromatic rings. The maximum absolute atomic E-state index is 12.2. The summed E-state index contributed by atoms with van der Waals surface area (Å²) in [7, 11) is -3.25. The van der Waals surface area contributed by atoms with Crippen molar-refractivity contribution < 1.29 is 8.42 Å². The zero-order valence-electron chi connectivity index (χ0n) is 8.18. The van der Waals surface area contributed by atoms with Gasteiger partial charge >= 0.3 is 0 Å². The number of nitrogens with zero attached hydrogens (tertiary/aromatic N) is 1. The minimum atomic E-state index is -3.25. The second-order valence-corrected chi connectivity index (χ2v) is 5.81. The molecule has 0 unspecified atom stereocenters. The second kappa shape index (κ2) is 2.96. The van der Waals surface area contributed by atoms with Gasteiger partial charge in [-0.15, -0.1) is 0 Å². The summed E-state index contributed by atoms with van der Waals surface area (Å²) in [5, 5.41) is 3.14. The van der Waals surface area contributed by atoms with Crippen LogP contribution in [0.2, 0.25) is 0 Å². The summed E-state index contributed by atoms with van der Waals surface area (Å²) in [4.78, 5) is 0.406. The van der Waals surface area contributed by atoms with Crippen molar-refractivity contribution in [2.75, 3.05) is 12.0 Å². The summed E-state index contributed by atoms with van der Waals surface area (Å²) >= 11 is 0. The first-order chi connectivity index (χ1) is 7.19. The van der Waals surface area contributed by atoms with E-state index in [1.807, 2.05) is 6.07 Å². The Morgan fingerprint density at radius 2 is 2.00 bits per heavy atom. The maximum atomic E-state index is 12.2. The van der Waals surface area contributed by atoms with E-state index in [0.29, 0.717) is 11.6 Å². The van der Waals surface area contributed by atoms with Gasteiger partial charge in [-0.1, -0.05) is 12.1 Å². The van der Waals surface area contributed by atoms with Gasteiger partial charge in [0.1, 0.15) is 4.90 Å². The fraction of sp³-hybridized carbons (Fsp3) is 0.400. The predicted molar refractivity (Wildman–Crippen MR) is 57.0 cm³/mol. The Hall–Kier alpha value is -1.07. The summed E-state index contributed by atoms with van der Waals surface area (Å²) in [5.74, 6) is 0. The van der Waals surface area contributed by atoms with Crippen LogP contribution in [0, 0.1) is 0 Å². The molecule has 5 heteroatoms. The zero-order valence-corrected chi connectivity index (χ0v) is 9.00. The molecule has 1 aliphatic heterocycles. The molecule has 1 fully saturated rings. The third kappa shape index (κ3) is 1.34. The number of para-hydroxylation sites is 1. The lowest BCUT2D eigenvalue weighted by Gasteiger charge is -2.29. The Labute approximate surface area is 88.9 Å². The second-order valence-electron chi connectivity index (χ2n) is 3.95. The van der Waals surface area contributed by atoms with Crippen LogP contribution in [0.5, 0.6) is 0 Å². The number of sulfonamides is 1. The molecule has 0 saturated heterocycles. The van der Waals surface area contributed by atoms with Crippen LogP contribution in [0.4, 0.5) is 5.69 Å². The first-order valence-electron chi connectivity index (χ1n) is 5.04. The Bertz CT molecular complexity index is 494. The van der Waals surface area contributed by atoms with Gasteiger partial charge in [0.25, 0.3) is 0 Å². The molecule has 1 aromatic carbocycles. The largest absolute Gasteiger partial charge is 0.370 e. The molecule has 1 aliphatic carbocycles. The van der Waals surface area contributed by atoms with E-state index < -0.39 is 10.0 Å². The number of anilines is 1. The lowest BCUT2D eigenvalue weighted by molar-refractivity contribution is 0.418. The van der Waals surface area contributed by atoms with Crippen LogP contribution in [-0.4, -0.2) is 25.4 Å². The van der Waals surface area contributed by atoms with Crippen molar-refractivity contribution in [3.63, 3.8) is 0 Å². The molecule has 4 nitrogen and oxygen atoms in total. The Morgan fingerprint density at radius 3 is 2.73 bits per heavy atom. The highest BCUT2D eigenvalue weighted by molar-refractivity contribution is 7.89. The van der Waals surface area contributed by atoms with Crippen LogP contribution < -0.4 is 5.32 Å². The topological polar surface area (TPSA) is 49.4 Å². The molecule has 1 N–H and O–H groups in total. The van der Waals surface area contributed by atoms with Gasteiger partial charge < -0.3 is 5.32 Å². The van der Waals surface area contributed by atoms with E-state index in [2.05, 4.69) is 5.32 Å². The van der Waals surface area contributed by atoms with Crippen LogP contribution in [0.3, 0.4) is 0 Å². The summed E-state index contributed by atoms with van der Waals surface area (Å²) in [6.07, 6.45) is 1.98. The van der Waals surface area contributed by atoms with Gasteiger partial charge in [-0.2, -0.15) is 4.31 Å². The number of hydrogen-bond acceptors (Lipinski definition) is 3. The van der Waals surface area contributed by atoms with E-state index in [4.69, 9.17) is 0 Å². The van der Waals surface area contributed by atoms with Gasteiger partial charge in [0, 0.05) is 6.04 Å². The molecule has 2 aliphatic rings. The highest BCUT2D eigenvalue weighted by atomic mass is 32.2. The van der Waals surface area contributed by atoms with Gasteiger partial charge in [-0.3, -0.25) is 0 Å². The van der Waals surface area contributed by atoms with Gasteiger partial charge in [-0.05, 0) is 25.0 Å². The lowest BCUT2D eigenvalue weighted by Crippen LogP contribution is -2.41. The van der Waals surface area contributed by atoms with E-state index in [0.717, 1.165) is 18.5 Å². The highest BCUT2D eigenvalue weighted by Gasteiger charge is 2.40. The van der Waals surface area contributed by atoms with Crippen LogP contribution in [0.15, 0.2) is 29.2 Å². The van der Waals surface area contributed by atoms with Crippen molar-refractivity contribution in [2.24, 2.45) is 0 Å². The van der Waals surface area contributed by atoms with Gasteiger partial charge in [0.05, 0.1) is 12.4 Å². The number of fused-ring (bicyclic) bond motifs is 1. The monoisotopic (exact) mass is 224 g/mol. The average molecular weight is 224 g/mol. The molecule has 1 saturated carbocycles. The minimum absolute atomic E-state index is 0.218. The molecule has 0 atom stereocenters. The summed E-state index contributed by atoms with van der Waals surface area (Å²) < 4.78 is 25.9. The molecular weight excluding hydrogens is 212 g/mol. The molecule has 15 heavy (non-hydrogen) atoms. The fourth-order valence-electron chi connectivity index (χ4n) is 1.90. The first kappa shape index (κ1) is 9.18. The van der Waals surface area contributed by atoms with Crippen molar-refractivity contribution in [3.8, 4) is 0 Å². The van der Waals surface area contributed by atoms with Gasteiger partial charge in [0.2, 0.25) is 10.0 Å². The summed E-state index contributed by atoms with van der Waals surface area (Å²) in [6.45, 7) is 0.407. The fourth-order valence-corrected chi connectivity index (χ4v) is 3.66. The van der Waals surface area contributed by atoms with E-state index in [-0.39, 0.29) is 6.04 Å². The molecule has 1 heterocycles. The third-order valence-corrected chi connectivity index (χ3v) is 4.81. The molecular formula is C10H12N2O2S. The Kier molecular flexibility index (Phi) is 1.81. The average Bonchev–Trinajstić information content (AvgIpc) is 3.02. The Balaban J connectivity index is 2.12. The molecule has 3 rings (SSSR count). The van der Waals surface area contributed by atoms with Gasteiger partial charge in [-0.25, -0.2) is 8.42 Å². The van der Waals surface area contributed by atoms with E-state index in [1.54, 1.807) is 22.5 Å². The van der Waals surface area contributed by atoms with E-state index >= 15 is 0 Å². The normalized spacial score (nSPS) is 24.3. The lowest BCUT2D eigenvalue weighted by atomic mass is 10.3. The van der Waals surface area contributed by atoms with Crippen molar-refractivity contribution in [1.82, 2.24) is 4.31 Å². The van der Waals surface area contributed by atoms with Crippen molar-refractivity contribution in [2.45, 2.75) is 23.8 Å². The van der Waals surface area contributed by atoms with Crippen LogP contribution in [-0.2, 0) is 10.0 Å². The standard InChI is InChI=1S/C10H12N2O2S/c13-15(14)10-4-2-1-3-9(10)11-7-12(15)8-5-6-8/h1-4,8,11H,5-7H2.